The molecule has 0 aliphatic heterocycles. The van der Waals surface area contributed by atoms with Gasteiger partial charge in [-0.2, -0.15) is 0 Å². The van der Waals surface area contributed by atoms with Crippen LogP contribution in [0.4, 0.5) is 0 Å². The Morgan fingerprint density at radius 1 is 1.24 bits per heavy atom. The summed E-state index contributed by atoms with van der Waals surface area (Å²) >= 11 is 2.03. The van der Waals surface area contributed by atoms with Crippen LogP contribution in [0.1, 0.15) is 17.1 Å². The van der Waals surface area contributed by atoms with Gasteiger partial charge in [-0.15, -0.1) is 0 Å². The van der Waals surface area contributed by atoms with Crippen molar-refractivity contribution in [3.05, 3.63) is 67.5 Å². The second kappa shape index (κ2) is 5.55. The molecule has 5 heteroatoms. The second-order valence-corrected chi connectivity index (χ2v) is 6.15. The average molecular weight is 391 g/mol. The summed E-state index contributed by atoms with van der Waals surface area (Å²) in [7, 11) is 0. The van der Waals surface area contributed by atoms with Gasteiger partial charge in [0.2, 0.25) is 0 Å². The minimum atomic E-state index is 0.00152. The summed E-state index contributed by atoms with van der Waals surface area (Å²) in [5.74, 6) is 0.721. The lowest BCUT2D eigenvalue weighted by Gasteiger charge is -2.12. The van der Waals surface area contributed by atoms with Gasteiger partial charge in [0.1, 0.15) is 5.82 Å². The normalized spacial score (nSPS) is 11.0. The van der Waals surface area contributed by atoms with Crippen LogP contribution in [0, 0.1) is 17.4 Å². The van der Waals surface area contributed by atoms with Crippen LogP contribution < -0.4 is 5.56 Å². The topological polar surface area (TPSA) is 47.8 Å². The van der Waals surface area contributed by atoms with Gasteiger partial charge in [0, 0.05) is 17.3 Å². The lowest BCUT2D eigenvalue weighted by molar-refractivity contribution is 0.697. The fourth-order valence-corrected chi connectivity index (χ4v) is 2.86. The largest absolute Gasteiger partial charge is 0.291 e. The van der Waals surface area contributed by atoms with E-state index < -0.39 is 0 Å². The molecule has 3 aromatic rings. The third-order valence-corrected chi connectivity index (χ3v) is 4.20. The first-order valence-electron chi connectivity index (χ1n) is 6.63. The smallest absolute Gasteiger partial charge is 0.267 e. The monoisotopic (exact) mass is 391 g/mol. The van der Waals surface area contributed by atoms with E-state index in [1.54, 1.807) is 10.8 Å². The second-order valence-electron chi connectivity index (χ2n) is 4.98. The van der Waals surface area contributed by atoms with E-state index in [2.05, 4.69) is 9.97 Å². The molecular weight excluding hydrogens is 377 g/mol. The molecule has 106 valence electrons. The van der Waals surface area contributed by atoms with Gasteiger partial charge in [-0.05, 0) is 54.1 Å². The van der Waals surface area contributed by atoms with E-state index in [1.165, 1.54) is 0 Å². The van der Waals surface area contributed by atoms with Crippen LogP contribution in [0.15, 0.2) is 41.3 Å². The summed E-state index contributed by atoms with van der Waals surface area (Å²) in [5, 5.41) is 1.08. The van der Waals surface area contributed by atoms with Crippen molar-refractivity contribution in [2.45, 2.75) is 20.4 Å². The quantitative estimate of drug-likeness (QED) is 0.631. The zero-order chi connectivity index (χ0) is 15.0. The molecule has 2 heterocycles. The minimum Gasteiger partial charge on any atom is -0.291 e. The van der Waals surface area contributed by atoms with Gasteiger partial charge in [0.25, 0.3) is 5.56 Å². The van der Waals surface area contributed by atoms with Crippen molar-refractivity contribution in [2.75, 3.05) is 0 Å². The fourth-order valence-electron chi connectivity index (χ4n) is 2.43. The summed E-state index contributed by atoms with van der Waals surface area (Å²) in [6.45, 7) is 4.34. The highest BCUT2D eigenvalue weighted by Gasteiger charge is 2.09. The Balaban J connectivity index is 2.19. The number of fused-ring (bicyclic) bond motifs is 1. The fraction of sp³-hybridized carbons (Fsp3) is 0.188. The van der Waals surface area contributed by atoms with Gasteiger partial charge >= 0.3 is 0 Å². The highest BCUT2D eigenvalue weighted by Crippen LogP contribution is 2.19. The molecule has 0 N–H and O–H groups in total. The Labute approximate surface area is 136 Å². The molecule has 0 atom stereocenters. The zero-order valence-electron chi connectivity index (χ0n) is 11.8. The van der Waals surface area contributed by atoms with Crippen molar-refractivity contribution in [3.8, 4) is 0 Å². The van der Waals surface area contributed by atoms with E-state index in [1.807, 2.05) is 66.8 Å². The molecule has 0 saturated carbocycles. The van der Waals surface area contributed by atoms with Gasteiger partial charge in [0.05, 0.1) is 15.6 Å². The van der Waals surface area contributed by atoms with Crippen molar-refractivity contribution in [3.63, 3.8) is 0 Å². The molecule has 21 heavy (non-hydrogen) atoms. The number of hydrogen-bond acceptors (Lipinski definition) is 3. The summed E-state index contributed by atoms with van der Waals surface area (Å²) < 4.78 is 2.34. The summed E-state index contributed by atoms with van der Waals surface area (Å²) in [6.07, 6.45) is 1.62. The standard InChI is InChI=1S/C16H14IN3O/c1-10-7-12(13-5-3-4-6-15(13)19-10)9-20-11(2)18-8-14(17)16(20)21/h3-8H,9H2,1-2H3. The average Bonchev–Trinajstić information content (AvgIpc) is 2.47. The first kappa shape index (κ1) is 14.2. The number of rotatable bonds is 2. The number of benzene rings is 1. The van der Waals surface area contributed by atoms with E-state index in [9.17, 15) is 4.79 Å². The van der Waals surface area contributed by atoms with Crippen molar-refractivity contribution in [1.82, 2.24) is 14.5 Å². The van der Waals surface area contributed by atoms with E-state index in [0.29, 0.717) is 10.1 Å². The van der Waals surface area contributed by atoms with Gasteiger partial charge in [-0.25, -0.2) is 4.98 Å². The van der Waals surface area contributed by atoms with Gasteiger partial charge in [-0.1, -0.05) is 18.2 Å². The highest BCUT2D eigenvalue weighted by molar-refractivity contribution is 14.1. The molecule has 3 rings (SSSR count). The maximum absolute atomic E-state index is 12.3. The van der Waals surface area contributed by atoms with Gasteiger partial charge in [0.15, 0.2) is 0 Å². The zero-order valence-corrected chi connectivity index (χ0v) is 14.0. The van der Waals surface area contributed by atoms with E-state index >= 15 is 0 Å². The molecule has 0 bridgehead atoms. The summed E-state index contributed by atoms with van der Waals surface area (Å²) in [4.78, 5) is 21.1. The molecule has 0 amide bonds. The number of nitrogens with zero attached hydrogens (tertiary/aromatic N) is 3. The Hall–Kier alpha value is -1.76. The van der Waals surface area contributed by atoms with Crippen LogP contribution in [0.3, 0.4) is 0 Å². The van der Waals surface area contributed by atoms with Crippen LogP contribution in [-0.4, -0.2) is 14.5 Å². The van der Waals surface area contributed by atoms with Crippen molar-refractivity contribution < 1.29 is 0 Å². The molecule has 4 nitrogen and oxygen atoms in total. The highest BCUT2D eigenvalue weighted by atomic mass is 127. The minimum absolute atomic E-state index is 0.00152. The molecule has 2 aromatic heterocycles. The van der Waals surface area contributed by atoms with E-state index in [-0.39, 0.29) is 5.56 Å². The Morgan fingerprint density at radius 3 is 2.81 bits per heavy atom. The third kappa shape index (κ3) is 2.70. The maximum atomic E-state index is 12.3. The number of pyridine rings is 1. The number of para-hydroxylation sites is 1. The third-order valence-electron chi connectivity index (χ3n) is 3.46. The molecule has 0 spiro atoms. The number of hydrogen-bond donors (Lipinski definition) is 0. The molecule has 0 radical (unpaired) electrons. The van der Waals surface area contributed by atoms with Gasteiger partial charge in [-0.3, -0.25) is 14.3 Å². The molecule has 1 aromatic carbocycles. The SMILES string of the molecule is Cc1cc(Cn2c(C)ncc(I)c2=O)c2ccccc2n1. The predicted octanol–water partition coefficient (Wildman–Crippen LogP) is 3.06. The first-order chi connectivity index (χ1) is 10.1. The molecule has 0 aliphatic rings. The summed E-state index contributed by atoms with van der Waals surface area (Å²) in [5.41, 5.74) is 3.00. The molecule has 0 aliphatic carbocycles. The van der Waals surface area contributed by atoms with Crippen molar-refractivity contribution in [1.29, 1.82) is 0 Å². The maximum Gasteiger partial charge on any atom is 0.267 e. The lowest BCUT2D eigenvalue weighted by atomic mass is 10.1. The van der Waals surface area contributed by atoms with Crippen LogP contribution >= 0.6 is 22.6 Å². The number of aryl methyl sites for hydroxylation is 2. The number of aromatic nitrogens is 3. The van der Waals surface area contributed by atoms with Crippen LogP contribution in [0.5, 0.6) is 0 Å². The molecule has 0 fully saturated rings. The van der Waals surface area contributed by atoms with Crippen LogP contribution in [0.2, 0.25) is 0 Å². The van der Waals surface area contributed by atoms with E-state index in [0.717, 1.165) is 28.0 Å². The Kier molecular flexibility index (Phi) is 3.75. The Bertz CT molecular complexity index is 886. The predicted molar refractivity (Wildman–Crippen MR) is 91.5 cm³/mol. The number of halogens is 1. The lowest BCUT2D eigenvalue weighted by Crippen LogP contribution is -2.26. The Morgan fingerprint density at radius 2 is 2.00 bits per heavy atom. The van der Waals surface area contributed by atoms with E-state index in [4.69, 9.17) is 0 Å². The summed E-state index contributed by atoms with van der Waals surface area (Å²) in [6, 6.07) is 10.0. The van der Waals surface area contributed by atoms with Crippen molar-refractivity contribution in [2.24, 2.45) is 0 Å². The van der Waals surface area contributed by atoms with Crippen LogP contribution in [0.25, 0.3) is 10.9 Å². The first-order valence-corrected chi connectivity index (χ1v) is 7.71. The molecule has 0 unspecified atom stereocenters. The van der Waals surface area contributed by atoms with Gasteiger partial charge < -0.3 is 0 Å². The molecule has 0 saturated heterocycles. The van der Waals surface area contributed by atoms with Crippen molar-refractivity contribution >= 4 is 33.5 Å². The van der Waals surface area contributed by atoms with Crippen LogP contribution in [-0.2, 0) is 6.54 Å². The molecular formula is C16H14IN3O.